The van der Waals surface area contributed by atoms with Crippen LogP contribution in [0.2, 0.25) is 0 Å². The summed E-state index contributed by atoms with van der Waals surface area (Å²) >= 11 is 2.98. The highest BCUT2D eigenvalue weighted by Gasteiger charge is 2.30. The second-order valence-corrected chi connectivity index (χ2v) is 5.67. The third-order valence-electron chi connectivity index (χ3n) is 2.41. The zero-order chi connectivity index (χ0) is 12.0. The van der Waals surface area contributed by atoms with Crippen molar-refractivity contribution in [2.45, 2.75) is 29.6 Å². The van der Waals surface area contributed by atoms with Gasteiger partial charge < -0.3 is 10.4 Å². The number of hydrogen-bond donors (Lipinski definition) is 2. The number of hydrogen-bond acceptors (Lipinski definition) is 6. The van der Waals surface area contributed by atoms with Crippen molar-refractivity contribution in [1.29, 1.82) is 0 Å². The van der Waals surface area contributed by atoms with E-state index in [1.807, 2.05) is 0 Å². The molecule has 5 nitrogen and oxygen atoms in total. The van der Waals surface area contributed by atoms with Gasteiger partial charge in [-0.1, -0.05) is 11.8 Å². The molecule has 0 aliphatic rings. The molecule has 1 unspecified atom stereocenters. The summed E-state index contributed by atoms with van der Waals surface area (Å²) in [7, 11) is 1.67. The molecule has 0 aromatic carbocycles. The summed E-state index contributed by atoms with van der Waals surface area (Å²) in [6, 6.07) is 0. The normalized spacial score (nSPS) is 14.6. The maximum atomic E-state index is 11.0. The maximum Gasteiger partial charge on any atom is 0.323 e. The summed E-state index contributed by atoms with van der Waals surface area (Å²) in [6.07, 6.45) is 2.96. The van der Waals surface area contributed by atoms with Gasteiger partial charge in [0.05, 0.1) is 0 Å². The van der Waals surface area contributed by atoms with Crippen LogP contribution in [-0.4, -0.2) is 38.8 Å². The summed E-state index contributed by atoms with van der Waals surface area (Å²) in [5, 5.41) is 11.9. The maximum absolute atomic E-state index is 11.0. The van der Waals surface area contributed by atoms with Gasteiger partial charge in [0.15, 0.2) is 4.34 Å². The van der Waals surface area contributed by atoms with Gasteiger partial charge in [0.1, 0.15) is 11.9 Å². The molecular weight excluding hydrogens is 246 g/mol. The van der Waals surface area contributed by atoms with E-state index >= 15 is 0 Å². The van der Waals surface area contributed by atoms with Crippen LogP contribution >= 0.6 is 23.3 Å². The van der Waals surface area contributed by atoms with Crippen molar-refractivity contribution in [3.05, 3.63) is 6.33 Å². The number of nitrogens with zero attached hydrogens (tertiary/aromatic N) is 2. The minimum absolute atomic E-state index is 0.602. The van der Waals surface area contributed by atoms with Gasteiger partial charge in [-0.25, -0.2) is 4.98 Å². The first kappa shape index (κ1) is 13.4. The van der Waals surface area contributed by atoms with Crippen LogP contribution in [0.5, 0.6) is 0 Å². The van der Waals surface area contributed by atoms with Crippen molar-refractivity contribution in [3.63, 3.8) is 0 Å². The van der Waals surface area contributed by atoms with Gasteiger partial charge in [0.2, 0.25) is 0 Å². The minimum Gasteiger partial charge on any atom is -0.480 e. The molecule has 0 aliphatic heterocycles. The Labute approximate surface area is 103 Å². The molecule has 0 radical (unpaired) electrons. The lowest BCUT2D eigenvalue weighted by molar-refractivity contribution is -0.144. The van der Waals surface area contributed by atoms with Gasteiger partial charge in [-0.2, -0.15) is 4.37 Å². The Bertz CT molecular complexity index is 332. The van der Waals surface area contributed by atoms with E-state index in [1.54, 1.807) is 25.7 Å². The second kappa shape index (κ2) is 6.17. The highest BCUT2D eigenvalue weighted by Crippen LogP contribution is 2.21. The summed E-state index contributed by atoms with van der Waals surface area (Å²) in [6.45, 7) is 1.70. The molecule has 0 fully saturated rings. The third kappa shape index (κ3) is 3.73. The predicted octanol–water partition coefficient (Wildman–Crippen LogP) is 1.47. The Morgan fingerprint density at radius 2 is 2.50 bits per heavy atom. The SMILES string of the molecule is CNC(C)(CCCSc1ncns1)C(=O)O. The van der Waals surface area contributed by atoms with Crippen LogP contribution in [0, 0.1) is 0 Å². The molecular formula is C9H15N3O2S2. The average molecular weight is 261 g/mol. The Hall–Kier alpha value is -0.660. The molecule has 2 N–H and O–H groups in total. The fourth-order valence-electron chi connectivity index (χ4n) is 1.15. The number of carboxylic acids is 1. The fraction of sp³-hybridized carbons (Fsp3) is 0.667. The average Bonchev–Trinajstić information content (AvgIpc) is 2.76. The molecule has 0 aliphatic carbocycles. The topological polar surface area (TPSA) is 75.1 Å². The highest BCUT2D eigenvalue weighted by atomic mass is 32.2. The Balaban J connectivity index is 2.26. The number of aliphatic carboxylic acids is 1. The van der Waals surface area contributed by atoms with Gasteiger partial charge in [-0.15, -0.1) is 0 Å². The van der Waals surface area contributed by atoms with Crippen molar-refractivity contribution < 1.29 is 9.90 Å². The number of aromatic nitrogens is 2. The van der Waals surface area contributed by atoms with Crippen LogP contribution in [-0.2, 0) is 4.79 Å². The zero-order valence-electron chi connectivity index (χ0n) is 9.27. The molecule has 16 heavy (non-hydrogen) atoms. The van der Waals surface area contributed by atoms with E-state index in [2.05, 4.69) is 14.7 Å². The lowest BCUT2D eigenvalue weighted by atomic mass is 9.97. The first-order chi connectivity index (χ1) is 7.58. The lowest BCUT2D eigenvalue weighted by Crippen LogP contribution is -2.47. The minimum atomic E-state index is -0.832. The van der Waals surface area contributed by atoms with Crippen molar-refractivity contribution in [3.8, 4) is 0 Å². The van der Waals surface area contributed by atoms with Gasteiger partial charge >= 0.3 is 5.97 Å². The van der Waals surface area contributed by atoms with Crippen molar-refractivity contribution >= 4 is 29.3 Å². The number of nitrogens with one attached hydrogen (secondary N) is 1. The summed E-state index contributed by atoms with van der Waals surface area (Å²) < 4.78 is 4.83. The molecule has 0 bridgehead atoms. The van der Waals surface area contributed by atoms with E-state index in [-0.39, 0.29) is 0 Å². The number of carbonyl (C=O) groups is 1. The van der Waals surface area contributed by atoms with Gasteiger partial charge in [0.25, 0.3) is 0 Å². The molecule has 1 rings (SSSR count). The molecule has 1 aromatic heterocycles. The van der Waals surface area contributed by atoms with E-state index in [0.717, 1.165) is 16.5 Å². The van der Waals surface area contributed by atoms with Crippen LogP contribution < -0.4 is 5.32 Å². The standard InChI is InChI=1S/C9H15N3O2S2/c1-9(10-2,7(13)14)4-3-5-15-8-11-6-12-16-8/h6,10H,3-5H2,1-2H3,(H,13,14). The first-order valence-electron chi connectivity index (χ1n) is 4.90. The van der Waals surface area contributed by atoms with Crippen LogP contribution in [0.3, 0.4) is 0 Å². The molecule has 1 aromatic rings. The van der Waals surface area contributed by atoms with Crippen molar-refractivity contribution in [2.75, 3.05) is 12.8 Å². The second-order valence-electron chi connectivity index (χ2n) is 3.55. The third-order valence-corrected chi connectivity index (χ3v) is 4.30. The number of carboxylic acid groups (broad SMARTS) is 1. The largest absolute Gasteiger partial charge is 0.480 e. The first-order valence-corrected chi connectivity index (χ1v) is 6.66. The Morgan fingerprint density at radius 3 is 3.00 bits per heavy atom. The zero-order valence-corrected chi connectivity index (χ0v) is 10.9. The quantitative estimate of drug-likeness (QED) is 0.572. The smallest absolute Gasteiger partial charge is 0.323 e. The van der Waals surface area contributed by atoms with Gasteiger partial charge in [-0.05, 0) is 38.3 Å². The van der Waals surface area contributed by atoms with E-state index < -0.39 is 11.5 Å². The Kier molecular flexibility index (Phi) is 5.17. The van der Waals surface area contributed by atoms with Crippen LogP contribution in [0.4, 0.5) is 0 Å². The Morgan fingerprint density at radius 1 is 1.75 bits per heavy atom. The molecule has 0 saturated heterocycles. The summed E-state index contributed by atoms with van der Waals surface area (Å²) in [5.41, 5.74) is -0.832. The van der Waals surface area contributed by atoms with E-state index in [0.29, 0.717) is 6.42 Å². The lowest BCUT2D eigenvalue weighted by Gasteiger charge is -2.23. The molecule has 90 valence electrons. The molecule has 0 spiro atoms. The monoisotopic (exact) mass is 261 g/mol. The molecule has 0 amide bonds. The van der Waals surface area contributed by atoms with Gasteiger partial charge in [0, 0.05) is 5.75 Å². The highest BCUT2D eigenvalue weighted by molar-refractivity contribution is 8.00. The van der Waals surface area contributed by atoms with E-state index in [9.17, 15) is 4.79 Å². The number of likely N-dealkylation sites (N-methyl/N-ethyl adjacent to an activating group) is 1. The van der Waals surface area contributed by atoms with Crippen molar-refractivity contribution in [1.82, 2.24) is 14.7 Å². The van der Waals surface area contributed by atoms with E-state index in [1.165, 1.54) is 17.9 Å². The molecule has 0 saturated carbocycles. The molecule has 1 heterocycles. The molecule has 7 heteroatoms. The van der Waals surface area contributed by atoms with Gasteiger partial charge in [-0.3, -0.25) is 4.79 Å². The summed E-state index contributed by atoms with van der Waals surface area (Å²) in [4.78, 5) is 15.0. The van der Waals surface area contributed by atoms with Crippen LogP contribution in [0.25, 0.3) is 0 Å². The van der Waals surface area contributed by atoms with Crippen molar-refractivity contribution in [2.24, 2.45) is 0 Å². The van der Waals surface area contributed by atoms with E-state index in [4.69, 9.17) is 5.11 Å². The van der Waals surface area contributed by atoms with Crippen LogP contribution in [0.15, 0.2) is 10.7 Å². The van der Waals surface area contributed by atoms with Crippen LogP contribution in [0.1, 0.15) is 19.8 Å². The fourth-order valence-corrected chi connectivity index (χ4v) is 2.60. The number of thioether (sulfide) groups is 1. The number of rotatable bonds is 7. The summed E-state index contributed by atoms with van der Waals surface area (Å²) in [5.74, 6) is 0.0515. The predicted molar refractivity (Wildman–Crippen MR) is 65.0 cm³/mol. The molecule has 1 atom stereocenters.